The number of aliphatic imine (C=N–C) groups is 1. The van der Waals surface area contributed by atoms with Gasteiger partial charge in [0.1, 0.15) is 17.5 Å². The van der Waals surface area contributed by atoms with Gasteiger partial charge in [-0.3, -0.25) is 10.1 Å². The van der Waals surface area contributed by atoms with E-state index in [1.54, 1.807) is 12.5 Å². The summed E-state index contributed by atoms with van der Waals surface area (Å²) < 4.78 is 5.10. The average molecular weight is 203 g/mol. The number of guanidine groups is 1. The van der Waals surface area contributed by atoms with Crippen molar-refractivity contribution >= 4 is 17.6 Å². The lowest BCUT2D eigenvalue weighted by atomic mass is 10.2. The quantitative estimate of drug-likeness (QED) is 0.676. The fraction of sp³-hybridized carbons (Fsp3) is 0.400. The van der Waals surface area contributed by atoms with Gasteiger partial charge in [0.15, 0.2) is 0 Å². The third-order valence-corrected chi connectivity index (χ3v) is 3.42. The van der Waals surface area contributed by atoms with Crippen molar-refractivity contribution < 1.29 is 9.21 Å². The second kappa shape index (κ2) is 2.08. The van der Waals surface area contributed by atoms with Crippen LogP contribution in [0.15, 0.2) is 21.9 Å². The van der Waals surface area contributed by atoms with E-state index in [0.29, 0.717) is 5.96 Å². The molecule has 1 aromatic rings. The van der Waals surface area contributed by atoms with Gasteiger partial charge in [-0.25, -0.2) is 4.99 Å². The van der Waals surface area contributed by atoms with Gasteiger partial charge in [-0.05, 0) is 12.8 Å². The first-order chi connectivity index (χ1) is 7.29. The van der Waals surface area contributed by atoms with Crippen LogP contribution in [0.25, 0.3) is 0 Å². The van der Waals surface area contributed by atoms with E-state index in [4.69, 9.17) is 4.42 Å². The van der Waals surface area contributed by atoms with Crippen LogP contribution in [0.3, 0.4) is 0 Å². The van der Waals surface area contributed by atoms with Gasteiger partial charge in [0.25, 0.3) is 5.91 Å². The summed E-state index contributed by atoms with van der Waals surface area (Å²) in [6, 6.07) is 0. The maximum Gasteiger partial charge on any atom is 0.252 e. The highest BCUT2D eigenvalue weighted by Gasteiger charge is 2.61. The van der Waals surface area contributed by atoms with Crippen LogP contribution in [0.4, 0.5) is 5.69 Å². The van der Waals surface area contributed by atoms with Crippen molar-refractivity contribution in [2.24, 2.45) is 4.99 Å². The summed E-state index contributed by atoms with van der Waals surface area (Å²) in [7, 11) is 0. The first kappa shape index (κ1) is 7.50. The number of nitrogens with one attached hydrogen (secondary N) is 1. The summed E-state index contributed by atoms with van der Waals surface area (Å²) in [6.07, 6.45) is 5.19. The van der Waals surface area contributed by atoms with Crippen molar-refractivity contribution in [3.05, 3.63) is 18.1 Å². The number of carbonyl (C=O) groups excluding carboxylic acids is 1. The monoisotopic (exact) mass is 203 g/mol. The number of fused-ring (bicyclic) bond motifs is 3. The molecule has 2 aliphatic heterocycles. The summed E-state index contributed by atoms with van der Waals surface area (Å²) in [5, 5.41) is 2.83. The summed E-state index contributed by atoms with van der Waals surface area (Å²) in [6.45, 7) is 0.726. The highest BCUT2D eigenvalue weighted by atomic mass is 16.3. The number of amides is 1. The fourth-order valence-corrected chi connectivity index (χ4v) is 2.36. The van der Waals surface area contributed by atoms with Crippen LogP contribution in [0.5, 0.6) is 0 Å². The summed E-state index contributed by atoms with van der Waals surface area (Å²) in [5.74, 6) is 0.787. The lowest BCUT2D eigenvalue weighted by Gasteiger charge is -2.25. The second-order valence-electron chi connectivity index (χ2n) is 4.29. The van der Waals surface area contributed by atoms with Crippen LogP contribution in [0, 0.1) is 0 Å². The number of nitrogens with zero attached hydrogens (tertiary/aromatic N) is 2. The molecule has 1 amide bonds. The van der Waals surface area contributed by atoms with Gasteiger partial charge in [0.05, 0.1) is 12.8 Å². The van der Waals surface area contributed by atoms with Crippen LogP contribution in [-0.2, 0) is 11.3 Å². The standard InChI is InChI=1S/C10H9N3O2/c14-8-10(1-2-10)13-3-6-4-15-5-7(6)11-9(13)12-8/h4-5H,1-3H2,(H,11,12,14). The van der Waals surface area contributed by atoms with Crippen molar-refractivity contribution in [2.75, 3.05) is 0 Å². The molecule has 0 radical (unpaired) electrons. The van der Waals surface area contributed by atoms with Gasteiger partial charge < -0.3 is 9.32 Å². The van der Waals surface area contributed by atoms with E-state index >= 15 is 0 Å². The molecule has 5 heteroatoms. The molecule has 2 fully saturated rings. The van der Waals surface area contributed by atoms with Gasteiger partial charge in [-0.2, -0.15) is 0 Å². The van der Waals surface area contributed by atoms with Crippen molar-refractivity contribution in [2.45, 2.75) is 24.9 Å². The molecule has 0 aromatic carbocycles. The minimum atomic E-state index is -0.284. The summed E-state index contributed by atoms with van der Waals surface area (Å²) in [4.78, 5) is 18.2. The highest BCUT2D eigenvalue weighted by Crippen LogP contribution is 2.47. The van der Waals surface area contributed by atoms with E-state index in [-0.39, 0.29) is 11.4 Å². The first-order valence-electron chi connectivity index (χ1n) is 5.02. The van der Waals surface area contributed by atoms with E-state index < -0.39 is 0 Å². The van der Waals surface area contributed by atoms with E-state index in [9.17, 15) is 4.79 Å². The number of hydrogen-bond acceptors (Lipinski definition) is 4. The molecule has 5 nitrogen and oxygen atoms in total. The van der Waals surface area contributed by atoms with Crippen molar-refractivity contribution in [1.29, 1.82) is 0 Å². The summed E-state index contributed by atoms with van der Waals surface area (Å²) >= 11 is 0. The molecule has 1 spiro atoms. The zero-order valence-electron chi connectivity index (χ0n) is 7.99. The zero-order chi connectivity index (χ0) is 10.0. The van der Waals surface area contributed by atoms with Gasteiger partial charge >= 0.3 is 0 Å². The second-order valence-corrected chi connectivity index (χ2v) is 4.29. The lowest BCUT2D eigenvalue weighted by molar-refractivity contribution is -0.122. The molecule has 1 saturated carbocycles. The Balaban J connectivity index is 1.86. The Kier molecular flexibility index (Phi) is 1.04. The topological polar surface area (TPSA) is 57.8 Å². The molecule has 0 unspecified atom stereocenters. The zero-order valence-corrected chi connectivity index (χ0v) is 7.99. The summed E-state index contributed by atoms with van der Waals surface area (Å²) in [5.41, 5.74) is 1.61. The predicted octanol–water partition coefficient (Wildman–Crippen LogP) is 0.745. The Morgan fingerprint density at radius 1 is 1.47 bits per heavy atom. The maximum absolute atomic E-state index is 11.7. The van der Waals surface area contributed by atoms with Crippen molar-refractivity contribution in [1.82, 2.24) is 10.2 Å². The molecule has 15 heavy (non-hydrogen) atoms. The number of carbonyl (C=O) groups is 1. The Bertz CT molecular complexity index is 499. The molecule has 1 aliphatic carbocycles. The molecule has 1 saturated heterocycles. The fourth-order valence-electron chi connectivity index (χ4n) is 2.36. The predicted molar refractivity (Wildman–Crippen MR) is 51.5 cm³/mol. The Labute approximate surface area is 85.8 Å². The molecule has 76 valence electrons. The van der Waals surface area contributed by atoms with E-state index in [0.717, 1.165) is 30.6 Å². The van der Waals surface area contributed by atoms with E-state index in [1.807, 2.05) is 0 Å². The molecule has 3 heterocycles. The van der Waals surface area contributed by atoms with Crippen molar-refractivity contribution in [3.63, 3.8) is 0 Å². The molecular formula is C10H9N3O2. The van der Waals surface area contributed by atoms with Crippen LogP contribution < -0.4 is 5.32 Å². The van der Waals surface area contributed by atoms with Crippen molar-refractivity contribution in [3.8, 4) is 0 Å². The van der Waals surface area contributed by atoms with Gasteiger partial charge in [-0.1, -0.05) is 0 Å². The highest BCUT2D eigenvalue weighted by molar-refractivity contribution is 6.11. The number of hydrogen-bond donors (Lipinski definition) is 1. The van der Waals surface area contributed by atoms with Gasteiger partial charge in [-0.15, -0.1) is 0 Å². The molecule has 4 rings (SSSR count). The first-order valence-corrected chi connectivity index (χ1v) is 5.02. The van der Waals surface area contributed by atoms with Crippen LogP contribution in [0.1, 0.15) is 18.4 Å². The normalized spacial score (nSPS) is 24.7. The molecule has 0 bridgehead atoms. The third-order valence-electron chi connectivity index (χ3n) is 3.42. The Morgan fingerprint density at radius 2 is 2.33 bits per heavy atom. The molecule has 3 aliphatic rings. The third kappa shape index (κ3) is 0.751. The van der Waals surface area contributed by atoms with Gasteiger partial charge in [0, 0.05) is 5.56 Å². The van der Waals surface area contributed by atoms with Gasteiger partial charge in [0.2, 0.25) is 5.96 Å². The minimum Gasteiger partial charge on any atom is -0.470 e. The smallest absolute Gasteiger partial charge is 0.252 e. The van der Waals surface area contributed by atoms with Crippen LogP contribution in [0.2, 0.25) is 0 Å². The minimum absolute atomic E-state index is 0.100. The Morgan fingerprint density at radius 3 is 3.13 bits per heavy atom. The maximum atomic E-state index is 11.7. The van der Waals surface area contributed by atoms with Crippen LogP contribution in [-0.4, -0.2) is 22.3 Å². The number of furan rings is 1. The molecule has 1 N–H and O–H groups in total. The van der Waals surface area contributed by atoms with Crippen LogP contribution >= 0.6 is 0 Å². The lowest BCUT2D eigenvalue weighted by Crippen LogP contribution is -2.38. The Hall–Kier alpha value is -1.78. The molecular weight excluding hydrogens is 194 g/mol. The molecule has 1 aromatic heterocycles. The average Bonchev–Trinajstić information content (AvgIpc) is 2.83. The largest absolute Gasteiger partial charge is 0.470 e. The van der Waals surface area contributed by atoms with E-state index in [1.165, 1.54) is 0 Å². The molecule has 0 atom stereocenters. The van der Waals surface area contributed by atoms with E-state index in [2.05, 4.69) is 15.2 Å². The number of rotatable bonds is 0. The SMILES string of the molecule is O=C1NC2=Nc3cocc3CN2C12CC2.